The van der Waals surface area contributed by atoms with Crippen molar-refractivity contribution in [3.63, 3.8) is 0 Å². The first-order valence-corrected chi connectivity index (χ1v) is 12.7. The summed E-state index contributed by atoms with van der Waals surface area (Å²) in [6.45, 7) is 4.72. The van der Waals surface area contributed by atoms with Crippen LogP contribution in [0.3, 0.4) is 0 Å². The lowest BCUT2D eigenvalue weighted by Gasteiger charge is -2.24. The number of hydrogen-bond acceptors (Lipinski definition) is 6. The maximum Gasteiger partial charge on any atom is 0.333 e. The molecule has 1 aliphatic rings. The number of methoxy groups -OCH3 is 1. The minimum Gasteiger partial charge on any atom is -0.497 e. The third-order valence-electron chi connectivity index (χ3n) is 6.68. The van der Waals surface area contributed by atoms with E-state index in [4.69, 9.17) is 23.6 Å². The molecule has 1 N–H and O–H groups in total. The molecule has 0 spiro atoms. The number of carboxylic acids is 1. The van der Waals surface area contributed by atoms with Gasteiger partial charge in [-0.3, -0.25) is 0 Å². The highest BCUT2D eigenvalue weighted by Gasteiger charge is 2.23. The number of carbonyl (C=O) groups is 1. The highest BCUT2D eigenvalue weighted by molar-refractivity contribution is 5.73. The number of oxazole rings is 1. The standard InChI is InChI=1S/C29H35NO6/c1-4-34-27(29(31)32)18-21-13-16-26(24-9-6-5-8-23(21)24)35-17-7-10-25-19(2)36-28(30-25)20-11-14-22(33-3)15-12-20/h11-16,27H,4-10,17-18H2,1-3H3,(H,31,32). The Morgan fingerprint density at radius 3 is 2.56 bits per heavy atom. The van der Waals surface area contributed by atoms with Crippen molar-refractivity contribution in [1.82, 2.24) is 4.98 Å². The van der Waals surface area contributed by atoms with Gasteiger partial charge in [0, 0.05) is 18.6 Å². The van der Waals surface area contributed by atoms with Crippen LogP contribution in [0.15, 0.2) is 40.8 Å². The Morgan fingerprint density at radius 2 is 1.86 bits per heavy atom. The largest absolute Gasteiger partial charge is 0.497 e. The molecule has 4 rings (SSSR count). The van der Waals surface area contributed by atoms with Crippen LogP contribution < -0.4 is 9.47 Å². The van der Waals surface area contributed by atoms with Gasteiger partial charge < -0.3 is 23.7 Å². The van der Waals surface area contributed by atoms with Crippen molar-refractivity contribution in [2.45, 2.75) is 64.9 Å². The Balaban J connectivity index is 1.38. The zero-order chi connectivity index (χ0) is 25.5. The van der Waals surface area contributed by atoms with Crippen LogP contribution in [0, 0.1) is 6.92 Å². The van der Waals surface area contributed by atoms with Crippen LogP contribution >= 0.6 is 0 Å². The third kappa shape index (κ3) is 6.08. The lowest BCUT2D eigenvalue weighted by molar-refractivity contribution is -0.149. The van der Waals surface area contributed by atoms with Crippen LogP contribution in [0.5, 0.6) is 11.5 Å². The molecule has 1 aliphatic carbocycles. The number of benzene rings is 2. The summed E-state index contributed by atoms with van der Waals surface area (Å²) in [6, 6.07) is 11.7. The minimum absolute atomic E-state index is 0.382. The lowest BCUT2D eigenvalue weighted by atomic mass is 9.86. The SMILES string of the molecule is CCOC(Cc1ccc(OCCCc2nc(-c3ccc(OC)cc3)oc2C)c2c1CCCC2)C(=O)O. The number of aromatic nitrogens is 1. The predicted molar refractivity (Wildman–Crippen MR) is 137 cm³/mol. The van der Waals surface area contributed by atoms with E-state index < -0.39 is 12.1 Å². The van der Waals surface area contributed by atoms with Crippen molar-refractivity contribution in [3.05, 3.63) is 64.5 Å². The summed E-state index contributed by atoms with van der Waals surface area (Å²) in [7, 11) is 1.64. The molecule has 0 saturated heterocycles. The summed E-state index contributed by atoms with van der Waals surface area (Å²) in [5, 5.41) is 9.50. The first kappa shape index (κ1) is 25.8. The number of ether oxygens (including phenoxy) is 3. The van der Waals surface area contributed by atoms with E-state index in [2.05, 4.69) is 0 Å². The fraction of sp³-hybridized carbons (Fsp3) is 0.448. The normalized spacial score (nSPS) is 13.8. The Morgan fingerprint density at radius 1 is 1.11 bits per heavy atom. The van der Waals surface area contributed by atoms with Gasteiger partial charge in [-0.25, -0.2) is 9.78 Å². The van der Waals surface area contributed by atoms with Crippen molar-refractivity contribution >= 4 is 5.97 Å². The number of fused-ring (bicyclic) bond motifs is 1. The molecular weight excluding hydrogens is 458 g/mol. The van der Waals surface area contributed by atoms with Gasteiger partial charge in [-0.1, -0.05) is 6.07 Å². The Kier molecular flexibility index (Phi) is 8.65. The van der Waals surface area contributed by atoms with E-state index in [0.717, 1.165) is 72.6 Å². The van der Waals surface area contributed by atoms with E-state index in [1.54, 1.807) is 7.11 Å². The second-order valence-corrected chi connectivity index (χ2v) is 9.08. The van der Waals surface area contributed by atoms with E-state index >= 15 is 0 Å². The van der Waals surface area contributed by atoms with E-state index in [1.165, 1.54) is 11.1 Å². The van der Waals surface area contributed by atoms with Crippen LogP contribution in [0.25, 0.3) is 11.5 Å². The molecule has 1 atom stereocenters. The van der Waals surface area contributed by atoms with Gasteiger partial charge in [0.15, 0.2) is 6.10 Å². The number of hydrogen-bond donors (Lipinski definition) is 1. The second kappa shape index (κ2) is 12.1. The summed E-state index contributed by atoms with van der Waals surface area (Å²) in [5.41, 5.74) is 5.38. The van der Waals surface area contributed by atoms with Gasteiger partial charge in [0.25, 0.3) is 0 Å². The molecule has 36 heavy (non-hydrogen) atoms. The van der Waals surface area contributed by atoms with Crippen molar-refractivity contribution in [2.75, 3.05) is 20.3 Å². The van der Waals surface area contributed by atoms with Crippen molar-refractivity contribution in [2.24, 2.45) is 0 Å². The van der Waals surface area contributed by atoms with Crippen molar-refractivity contribution in [1.29, 1.82) is 0 Å². The minimum atomic E-state index is -0.917. The molecule has 7 heteroatoms. The Labute approximate surface area is 212 Å². The van der Waals surface area contributed by atoms with Gasteiger partial charge in [0.05, 0.1) is 19.4 Å². The summed E-state index contributed by atoms with van der Waals surface area (Å²) >= 11 is 0. The molecule has 0 radical (unpaired) electrons. The molecule has 0 amide bonds. The predicted octanol–water partition coefficient (Wildman–Crippen LogP) is 5.58. The molecule has 7 nitrogen and oxygen atoms in total. The summed E-state index contributed by atoms with van der Waals surface area (Å²) in [5.74, 6) is 2.23. The van der Waals surface area contributed by atoms with Gasteiger partial charge in [-0.2, -0.15) is 0 Å². The molecule has 0 fully saturated rings. The Bertz CT molecular complexity index is 1170. The Hall–Kier alpha value is -3.32. The molecular formula is C29H35NO6. The average molecular weight is 494 g/mol. The summed E-state index contributed by atoms with van der Waals surface area (Å²) in [6.07, 6.45) is 5.28. The lowest BCUT2D eigenvalue weighted by Crippen LogP contribution is -2.27. The molecule has 192 valence electrons. The number of rotatable bonds is 12. The van der Waals surface area contributed by atoms with Gasteiger partial charge >= 0.3 is 5.97 Å². The molecule has 0 aliphatic heterocycles. The maximum atomic E-state index is 11.6. The smallest absolute Gasteiger partial charge is 0.333 e. The molecule has 1 aromatic heterocycles. The van der Waals surface area contributed by atoms with E-state index in [9.17, 15) is 9.90 Å². The summed E-state index contributed by atoms with van der Waals surface area (Å²) in [4.78, 5) is 16.3. The molecule has 1 heterocycles. The zero-order valence-corrected chi connectivity index (χ0v) is 21.3. The number of aryl methyl sites for hydroxylation is 2. The van der Waals surface area contributed by atoms with Crippen molar-refractivity contribution < 1.29 is 28.5 Å². The van der Waals surface area contributed by atoms with Crippen molar-refractivity contribution in [3.8, 4) is 23.0 Å². The van der Waals surface area contributed by atoms with Gasteiger partial charge in [0.1, 0.15) is 17.3 Å². The van der Waals surface area contributed by atoms with Gasteiger partial charge in [0.2, 0.25) is 5.89 Å². The molecule has 0 saturated carbocycles. The molecule has 1 unspecified atom stereocenters. The highest BCUT2D eigenvalue weighted by atomic mass is 16.5. The van der Waals surface area contributed by atoms with Crippen LogP contribution in [-0.2, 0) is 35.2 Å². The topological polar surface area (TPSA) is 91.0 Å². The zero-order valence-electron chi connectivity index (χ0n) is 21.3. The van der Waals surface area contributed by atoms with Gasteiger partial charge in [-0.15, -0.1) is 0 Å². The number of carboxylic acid groups (broad SMARTS) is 1. The van der Waals surface area contributed by atoms with Crippen LogP contribution in [-0.4, -0.2) is 42.5 Å². The van der Waals surface area contributed by atoms with Gasteiger partial charge in [-0.05, 0) is 99.4 Å². The second-order valence-electron chi connectivity index (χ2n) is 9.08. The van der Waals surface area contributed by atoms with E-state index in [-0.39, 0.29) is 0 Å². The molecule has 0 bridgehead atoms. The third-order valence-corrected chi connectivity index (χ3v) is 6.68. The van der Waals surface area contributed by atoms with E-state index in [1.807, 2.05) is 50.2 Å². The fourth-order valence-electron chi connectivity index (χ4n) is 4.79. The van der Waals surface area contributed by atoms with Crippen LogP contribution in [0.4, 0.5) is 0 Å². The van der Waals surface area contributed by atoms with Crippen LogP contribution in [0.2, 0.25) is 0 Å². The monoisotopic (exact) mass is 493 g/mol. The fourth-order valence-corrected chi connectivity index (χ4v) is 4.79. The first-order valence-electron chi connectivity index (χ1n) is 12.7. The first-order chi connectivity index (χ1) is 17.5. The molecule has 2 aromatic carbocycles. The number of nitrogens with zero attached hydrogens (tertiary/aromatic N) is 1. The van der Waals surface area contributed by atoms with E-state index in [0.29, 0.717) is 25.5 Å². The highest BCUT2D eigenvalue weighted by Crippen LogP contribution is 2.33. The maximum absolute atomic E-state index is 11.6. The quantitative estimate of drug-likeness (QED) is 0.329. The average Bonchev–Trinajstić information content (AvgIpc) is 3.27. The summed E-state index contributed by atoms with van der Waals surface area (Å²) < 4.78 is 22.8. The van der Waals surface area contributed by atoms with Crippen LogP contribution in [0.1, 0.15) is 54.3 Å². The molecule has 3 aromatic rings. The number of aliphatic carboxylic acids is 1.